The number of carboxylic acid groups (broad SMARTS) is 1. The number of nitrogens with two attached hydrogens (primary N) is 1. The molecule has 1 aliphatic heterocycles. The lowest BCUT2D eigenvalue weighted by molar-refractivity contribution is -0.117. The van der Waals surface area contributed by atoms with Crippen LogP contribution in [0.25, 0.3) is 0 Å². The van der Waals surface area contributed by atoms with Gasteiger partial charge in [0.15, 0.2) is 0 Å². The molecule has 2 heterocycles. The molecule has 0 bridgehead atoms. The van der Waals surface area contributed by atoms with Crippen LogP contribution < -0.4 is 16.0 Å². The maximum atomic E-state index is 12.5. The van der Waals surface area contributed by atoms with Gasteiger partial charge in [0, 0.05) is 24.6 Å². The molecular weight excluding hydrogens is 362 g/mol. The first kappa shape index (κ1) is 17.9. The number of amides is 1. The summed E-state index contributed by atoms with van der Waals surface area (Å²) in [5, 5.41) is 14.7. The molecule has 6 nitrogen and oxygen atoms in total. The summed E-state index contributed by atoms with van der Waals surface area (Å²) in [7, 11) is 0. The number of carbonyl (C=O) groups excluding carboxylic acids is 1. The van der Waals surface area contributed by atoms with Crippen LogP contribution in [-0.2, 0) is 4.79 Å². The molecule has 3 atom stereocenters. The van der Waals surface area contributed by atoms with E-state index < -0.39 is 5.97 Å². The van der Waals surface area contributed by atoms with E-state index in [9.17, 15) is 14.7 Å². The Bertz CT molecular complexity index is 906. The number of carboxylic acids is 1. The molecule has 0 spiro atoms. The molecule has 7 heteroatoms. The van der Waals surface area contributed by atoms with Crippen LogP contribution >= 0.6 is 11.3 Å². The van der Waals surface area contributed by atoms with E-state index in [0.717, 1.165) is 34.1 Å². The van der Waals surface area contributed by atoms with Gasteiger partial charge in [-0.05, 0) is 54.7 Å². The average Bonchev–Trinajstić information content (AvgIpc) is 3.37. The van der Waals surface area contributed by atoms with Crippen LogP contribution in [0.3, 0.4) is 0 Å². The molecule has 1 saturated carbocycles. The van der Waals surface area contributed by atoms with Gasteiger partial charge < -0.3 is 21.1 Å². The largest absolute Gasteiger partial charge is 0.478 e. The van der Waals surface area contributed by atoms with Gasteiger partial charge in [-0.3, -0.25) is 4.79 Å². The lowest BCUT2D eigenvalue weighted by atomic mass is 9.79. The number of thiophene rings is 1. The van der Waals surface area contributed by atoms with E-state index in [-0.39, 0.29) is 29.5 Å². The standard InChI is InChI=1S/C20H23N3O3S/c1-10-18(22-17-8-7-16(21)27-17)14-9-13(20(25)26)5-6-15(14)23(11(2)24)19(10)12-3-4-12/h5-10,12,18-19,22H,3-4,21H2,1-2H3,(H,25,26)/t10-,18-,19-/m1/s1. The van der Waals surface area contributed by atoms with Gasteiger partial charge in [0.1, 0.15) is 0 Å². The average molecular weight is 385 g/mol. The molecular formula is C20H23N3O3S. The highest BCUT2D eigenvalue weighted by Crippen LogP contribution is 2.50. The Balaban J connectivity index is 1.83. The number of hydrogen-bond donors (Lipinski definition) is 3. The van der Waals surface area contributed by atoms with Crippen molar-refractivity contribution in [1.29, 1.82) is 0 Å². The van der Waals surface area contributed by atoms with Crippen LogP contribution in [0, 0.1) is 11.8 Å². The van der Waals surface area contributed by atoms with E-state index in [1.807, 2.05) is 17.0 Å². The summed E-state index contributed by atoms with van der Waals surface area (Å²) < 4.78 is 0. The highest BCUT2D eigenvalue weighted by atomic mass is 32.1. The van der Waals surface area contributed by atoms with Crippen molar-refractivity contribution in [2.75, 3.05) is 16.0 Å². The summed E-state index contributed by atoms with van der Waals surface area (Å²) in [6.45, 7) is 3.73. The molecule has 1 aromatic carbocycles. The summed E-state index contributed by atoms with van der Waals surface area (Å²) in [5.74, 6) is -0.333. The number of nitrogens with one attached hydrogen (secondary N) is 1. The van der Waals surface area contributed by atoms with Crippen LogP contribution in [0.15, 0.2) is 30.3 Å². The number of nitrogen functional groups attached to an aromatic ring is 1. The van der Waals surface area contributed by atoms with Gasteiger partial charge in [0.05, 0.1) is 21.6 Å². The molecule has 1 aliphatic carbocycles. The third-order valence-corrected chi connectivity index (χ3v) is 6.45. The molecule has 0 unspecified atom stereocenters. The maximum Gasteiger partial charge on any atom is 0.335 e. The molecule has 4 rings (SSSR count). The highest BCUT2D eigenvalue weighted by molar-refractivity contribution is 7.19. The Morgan fingerprint density at radius 2 is 2.00 bits per heavy atom. The van der Waals surface area contributed by atoms with Gasteiger partial charge in [-0.15, -0.1) is 11.3 Å². The molecule has 1 fully saturated rings. The lowest BCUT2D eigenvalue weighted by Gasteiger charge is -2.46. The van der Waals surface area contributed by atoms with Crippen molar-refractivity contribution in [3.8, 4) is 0 Å². The van der Waals surface area contributed by atoms with Gasteiger partial charge >= 0.3 is 5.97 Å². The second kappa shape index (κ2) is 6.56. The van der Waals surface area contributed by atoms with E-state index in [4.69, 9.17) is 5.73 Å². The SMILES string of the molecule is CC(=O)N1c2ccc(C(=O)O)cc2[C@H](Nc2ccc(N)s2)[C@@H](C)[C@@H]1C1CC1. The first-order valence-corrected chi connectivity index (χ1v) is 9.97. The third-order valence-electron chi connectivity index (χ3n) is 5.60. The number of nitrogens with zero attached hydrogens (tertiary/aromatic N) is 1. The van der Waals surface area contributed by atoms with E-state index >= 15 is 0 Å². The molecule has 1 amide bonds. The number of fused-ring (bicyclic) bond motifs is 1. The first-order chi connectivity index (χ1) is 12.9. The van der Waals surface area contributed by atoms with Crippen molar-refractivity contribution in [3.05, 3.63) is 41.5 Å². The second-order valence-corrected chi connectivity index (χ2v) is 8.59. The molecule has 2 aliphatic rings. The minimum absolute atomic E-state index is 0.00175. The zero-order valence-corrected chi connectivity index (χ0v) is 16.1. The van der Waals surface area contributed by atoms with Crippen molar-refractivity contribution in [1.82, 2.24) is 0 Å². The Morgan fingerprint density at radius 3 is 2.56 bits per heavy atom. The lowest BCUT2D eigenvalue weighted by Crippen LogP contribution is -2.51. The minimum atomic E-state index is -0.969. The Labute approximate surface area is 162 Å². The van der Waals surface area contributed by atoms with Crippen LogP contribution in [0.1, 0.15) is 48.7 Å². The van der Waals surface area contributed by atoms with Gasteiger partial charge in [-0.1, -0.05) is 6.92 Å². The van der Waals surface area contributed by atoms with E-state index in [0.29, 0.717) is 5.92 Å². The van der Waals surface area contributed by atoms with Crippen molar-refractivity contribution < 1.29 is 14.7 Å². The molecule has 142 valence electrons. The topological polar surface area (TPSA) is 95.7 Å². The quantitative estimate of drug-likeness (QED) is 0.740. The smallest absolute Gasteiger partial charge is 0.335 e. The van der Waals surface area contributed by atoms with Gasteiger partial charge in [-0.2, -0.15) is 0 Å². The van der Waals surface area contributed by atoms with Crippen molar-refractivity contribution in [2.45, 2.75) is 38.8 Å². The van der Waals surface area contributed by atoms with Crippen molar-refractivity contribution >= 4 is 38.9 Å². The normalized spacial score (nSPS) is 24.4. The monoisotopic (exact) mass is 385 g/mol. The molecule has 4 N–H and O–H groups in total. The van der Waals surface area contributed by atoms with Crippen LogP contribution in [0.2, 0.25) is 0 Å². The minimum Gasteiger partial charge on any atom is -0.478 e. The molecule has 27 heavy (non-hydrogen) atoms. The number of anilines is 3. The predicted octanol–water partition coefficient (Wildman–Crippen LogP) is 3.96. The summed E-state index contributed by atoms with van der Waals surface area (Å²) in [5.41, 5.74) is 7.76. The molecule has 1 aromatic heterocycles. The number of carbonyl (C=O) groups is 2. The number of aromatic carboxylic acids is 1. The zero-order chi connectivity index (χ0) is 19.3. The number of benzene rings is 1. The number of rotatable bonds is 4. The zero-order valence-electron chi connectivity index (χ0n) is 15.3. The van der Waals surface area contributed by atoms with E-state index in [2.05, 4.69) is 12.2 Å². The fraction of sp³-hybridized carbons (Fsp3) is 0.400. The van der Waals surface area contributed by atoms with Gasteiger partial charge in [0.25, 0.3) is 0 Å². The highest BCUT2D eigenvalue weighted by Gasteiger charge is 2.47. The fourth-order valence-electron chi connectivity index (χ4n) is 4.28. The maximum absolute atomic E-state index is 12.5. The molecule has 2 aromatic rings. The fourth-order valence-corrected chi connectivity index (χ4v) is 4.99. The predicted molar refractivity (Wildman–Crippen MR) is 107 cm³/mol. The van der Waals surface area contributed by atoms with Gasteiger partial charge in [-0.25, -0.2) is 4.79 Å². The summed E-state index contributed by atoms with van der Waals surface area (Å²) >= 11 is 1.47. The van der Waals surface area contributed by atoms with Crippen molar-refractivity contribution in [2.24, 2.45) is 11.8 Å². The molecule has 0 radical (unpaired) electrons. The van der Waals surface area contributed by atoms with E-state index in [1.54, 1.807) is 25.1 Å². The Kier molecular flexibility index (Phi) is 4.34. The first-order valence-electron chi connectivity index (χ1n) is 9.15. The second-order valence-electron chi connectivity index (χ2n) is 7.48. The summed E-state index contributed by atoms with van der Waals surface area (Å²) in [6, 6.07) is 8.88. The Hall–Kier alpha value is -2.54. The molecule has 0 saturated heterocycles. The third kappa shape index (κ3) is 3.16. The van der Waals surface area contributed by atoms with E-state index in [1.165, 1.54) is 11.3 Å². The summed E-state index contributed by atoms with van der Waals surface area (Å²) in [4.78, 5) is 25.9. The Morgan fingerprint density at radius 1 is 1.26 bits per heavy atom. The van der Waals surface area contributed by atoms with Crippen LogP contribution in [0.4, 0.5) is 15.7 Å². The van der Waals surface area contributed by atoms with Gasteiger partial charge in [0.2, 0.25) is 5.91 Å². The van der Waals surface area contributed by atoms with Crippen molar-refractivity contribution in [3.63, 3.8) is 0 Å². The van der Waals surface area contributed by atoms with Crippen LogP contribution in [0.5, 0.6) is 0 Å². The van der Waals surface area contributed by atoms with Crippen LogP contribution in [-0.4, -0.2) is 23.0 Å². The summed E-state index contributed by atoms with van der Waals surface area (Å²) in [6.07, 6.45) is 2.25. The number of hydrogen-bond acceptors (Lipinski definition) is 5.